The zero-order valence-electron chi connectivity index (χ0n) is 13.5. The number of hydrazone groups is 1. The Morgan fingerprint density at radius 3 is 2.69 bits per heavy atom. The standard InChI is InChI=1S/C17H13BrN4O4/c1-22-10-13(15(18)21-22)17(24)26-12-6-4-11(5-7-12)9-19-20-16(23)14-3-2-8-25-14/h2-10H,1H3,(H,20,23). The van der Waals surface area contributed by atoms with Crippen LogP contribution in [0, 0.1) is 0 Å². The molecule has 0 atom stereocenters. The lowest BCUT2D eigenvalue weighted by atomic mass is 10.2. The predicted molar refractivity (Wildman–Crippen MR) is 96.1 cm³/mol. The van der Waals surface area contributed by atoms with Crippen LogP contribution in [0.3, 0.4) is 0 Å². The van der Waals surface area contributed by atoms with Crippen LogP contribution in [-0.2, 0) is 7.05 Å². The Kier molecular flexibility index (Phi) is 5.28. The number of benzene rings is 1. The molecule has 2 aromatic heterocycles. The summed E-state index contributed by atoms with van der Waals surface area (Å²) in [7, 11) is 1.71. The first-order valence-corrected chi connectivity index (χ1v) is 8.20. The summed E-state index contributed by atoms with van der Waals surface area (Å²) >= 11 is 3.21. The van der Waals surface area contributed by atoms with E-state index in [0.29, 0.717) is 21.5 Å². The van der Waals surface area contributed by atoms with Gasteiger partial charge in [0.1, 0.15) is 15.9 Å². The minimum atomic E-state index is -0.517. The number of rotatable bonds is 5. The smallest absolute Gasteiger partial charge is 0.347 e. The summed E-state index contributed by atoms with van der Waals surface area (Å²) in [4.78, 5) is 23.8. The van der Waals surface area contributed by atoms with E-state index >= 15 is 0 Å². The molecule has 0 aliphatic rings. The second kappa shape index (κ2) is 7.79. The number of nitrogens with one attached hydrogen (secondary N) is 1. The highest BCUT2D eigenvalue weighted by Gasteiger charge is 2.16. The number of carbonyl (C=O) groups is 2. The fourth-order valence-corrected chi connectivity index (χ4v) is 2.52. The zero-order valence-corrected chi connectivity index (χ0v) is 15.1. The second-order valence-corrected chi connectivity index (χ2v) is 5.89. The SMILES string of the molecule is Cn1cc(C(=O)Oc2ccc(C=NNC(=O)c3ccco3)cc2)c(Br)n1. The van der Waals surface area contributed by atoms with E-state index in [1.54, 1.807) is 43.6 Å². The predicted octanol–water partition coefficient (Wildman–Crippen LogP) is 2.76. The van der Waals surface area contributed by atoms with E-state index in [-0.39, 0.29) is 5.76 Å². The Labute approximate surface area is 156 Å². The summed E-state index contributed by atoms with van der Waals surface area (Å²) in [6, 6.07) is 9.79. The Hall–Kier alpha value is -3.20. The van der Waals surface area contributed by atoms with Gasteiger partial charge in [-0.2, -0.15) is 10.2 Å². The molecule has 0 aliphatic carbocycles. The largest absolute Gasteiger partial charge is 0.459 e. The third-order valence-electron chi connectivity index (χ3n) is 3.22. The summed E-state index contributed by atoms with van der Waals surface area (Å²) in [5, 5.41) is 7.87. The quantitative estimate of drug-likeness (QED) is 0.298. The van der Waals surface area contributed by atoms with Gasteiger partial charge in [0.15, 0.2) is 5.76 Å². The molecule has 3 rings (SSSR count). The van der Waals surface area contributed by atoms with Crippen molar-refractivity contribution in [1.82, 2.24) is 15.2 Å². The topological polar surface area (TPSA) is 98.7 Å². The van der Waals surface area contributed by atoms with Gasteiger partial charge in [0, 0.05) is 13.2 Å². The van der Waals surface area contributed by atoms with Crippen LogP contribution in [0.5, 0.6) is 5.75 Å². The van der Waals surface area contributed by atoms with Crippen molar-refractivity contribution in [2.75, 3.05) is 0 Å². The number of carbonyl (C=O) groups excluding carboxylic acids is 2. The summed E-state index contributed by atoms with van der Waals surface area (Å²) < 4.78 is 12.2. The highest BCUT2D eigenvalue weighted by atomic mass is 79.9. The minimum absolute atomic E-state index is 0.172. The van der Waals surface area contributed by atoms with Crippen molar-refractivity contribution >= 4 is 34.0 Å². The van der Waals surface area contributed by atoms with Crippen LogP contribution < -0.4 is 10.2 Å². The molecule has 0 aliphatic heterocycles. The fraction of sp³-hybridized carbons (Fsp3) is 0.0588. The summed E-state index contributed by atoms with van der Waals surface area (Å²) in [5.74, 6) is -0.413. The second-order valence-electron chi connectivity index (χ2n) is 5.14. The van der Waals surface area contributed by atoms with Crippen molar-refractivity contribution < 1.29 is 18.7 Å². The number of ether oxygens (including phenoxy) is 1. The molecule has 0 spiro atoms. The van der Waals surface area contributed by atoms with Gasteiger partial charge in [-0.15, -0.1) is 0 Å². The Bertz CT molecular complexity index is 946. The van der Waals surface area contributed by atoms with Gasteiger partial charge in [-0.05, 0) is 57.9 Å². The molecule has 9 heteroatoms. The molecule has 2 heterocycles. The van der Waals surface area contributed by atoms with Gasteiger partial charge < -0.3 is 9.15 Å². The van der Waals surface area contributed by atoms with Crippen LogP contribution in [0.25, 0.3) is 0 Å². The number of esters is 1. The van der Waals surface area contributed by atoms with E-state index in [4.69, 9.17) is 9.15 Å². The van der Waals surface area contributed by atoms with Crippen LogP contribution in [0.2, 0.25) is 0 Å². The lowest BCUT2D eigenvalue weighted by molar-refractivity contribution is 0.0733. The molecular formula is C17H13BrN4O4. The van der Waals surface area contributed by atoms with Gasteiger partial charge in [-0.3, -0.25) is 9.48 Å². The van der Waals surface area contributed by atoms with Gasteiger partial charge in [-0.25, -0.2) is 10.2 Å². The number of amides is 1. The normalized spacial score (nSPS) is 10.8. The third kappa shape index (κ3) is 4.25. The van der Waals surface area contributed by atoms with Gasteiger partial charge >= 0.3 is 11.9 Å². The average molecular weight is 417 g/mol. The fourth-order valence-electron chi connectivity index (χ4n) is 2.01. The van der Waals surface area contributed by atoms with Crippen molar-refractivity contribution in [3.8, 4) is 5.75 Å². The van der Waals surface area contributed by atoms with Gasteiger partial charge in [-0.1, -0.05) is 0 Å². The number of halogens is 1. The monoisotopic (exact) mass is 416 g/mol. The number of furan rings is 1. The Morgan fingerprint density at radius 1 is 1.31 bits per heavy atom. The molecule has 0 unspecified atom stereocenters. The summed E-state index contributed by atoms with van der Waals surface area (Å²) in [6.07, 6.45) is 4.43. The van der Waals surface area contributed by atoms with Crippen LogP contribution in [0.15, 0.2) is 63.0 Å². The number of aryl methyl sites for hydroxylation is 1. The Morgan fingerprint density at radius 2 is 2.08 bits per heavy atom. The summed E-state index contributed by atoms with van der Waals surface area (Å²) in [5.41, 5.74) is 3.39. The van der Waals surface area contributed by atoms with Crippen molar-refractivity contribution in [2.24, 2.45) is 12.1 Å². The molecule has 132 valence electrons. The van der Waals surface area contributed by atoms with E-state index < -0.39 is 11.9 Å². The molecular weight excluding hydrogens is 404 g/mol. The number of hydrogen-bond donors (Lipinski definition) is 1. The molecule has 0 radical (unpaired) electrons. The zero-order chi connectivity index (χ0) is 18.5. The van der Waals surface area contributed by atoms with Crippen LogP contribution in [0.4, 0.5) is 0 Å². The lowest BCUT2D eigenvalue weighted by Gasteiger charge is -2.03. The van der Waals surface area contributed by atoms with E-state index in [1.165, 1.54) is 23.2 Å². The van der Waals surface area contributed by atoms with Crippen LogP contribution >= 0.6 is 15.9 Å². The molecule has 0 bridgehead atoms. The molecule has 3 aromatic rings. The molecule has 26 heavy (non-hydrogen) atoms. The maximum atomic E-state index is 12.1. The van der Waals surface area contributed by atoms with Crippen LogP contribution in [0.1, 0.15) is 26.5 Å². The molecule has 1 amide bonds. The maximum absolute atomic E-state index is 12.1. The van der Waals surface area contributed by atoms with Crippen molar-refractivity contribution in [1.29, 1.82) is 0 Å². The lowest BCUT2D eigenvalue weighted by Crippen LogP contribution is -2.16. The highest BCUT2D eigenvalue weighted by Crippen LogP contribution is 2.18. The van der Waals surface area contributed by atoms with Crippen molar-refractivity contribution in [3.05, 3.63) is 70.3 Å². The maximum Gasteiger partial charge on any atom is 0.347 e. The number of hydrogen-bond acceptors (Lipinski definition) is 6. The average Bonchev–Trinajstić information content (AvgIpc) is 3.26. The van der Waals surface area contributed by atoms with Crippen molar-refractivity contribution in [3.63, 3.8) is 0 Å². The highest BCUT2D eigenvalue weighted by molar-refractivity contribution is 9.10. The minimum Gasteiger partial charge on any atom is -0.459 e. The molecule has 8 nitrogen and oxygen atoms in total. The van der Waals surface area contributed by atoms with Gasteiger partial charge in [0.2, 0.25) is 0 Å². The molecule has 0 saturated heterocycles. The van der Waals surface area contributed by atoms with Crippen molar-refractivity contribution in [2.45, 2.75) is 0 Å². The molecule has 1 N–H and O–H groups in total. The van der Waals surface area contributed by atoms with E-state index in [9.17, 15) is 9.59 Å². The molecule has 1 aromatic carbocycles. The van der Waals surface area contributed by atoms with E-state index in [0.717, 1.165) is 0 Å². The first-order valence-electron chi connectivity index (χ1n) is 7.41. The third-order valence-corrected chi connectivity index (χ3v) is 3.80. The van der Waals surface area contributed by atoms with E-state index in [2.05, 4.69) is 31.6 Å². The molecule has 0 saturated carbocycles. The van der Waals surface area contributed by atoms with E-state index in [1.807, 2.05) is 0 Å². The Balaban J connectivity index is 1.58. The first-order chi connectivity index (χ1) is 12.5. The number of nitrogens with zero attached hydrogens (tertiary/aromatic N) is 3. The number of aromatic nitrogens is 2. The summed E-state index contributed by atoms with van der Waals surface area (Å²) in [6.45, 7) is 0. The first kappa shape index (κ1) is 17.6. The van der Waals surface area contributed by atoms with Gasteiger partial charge in [0.25, 0.3) is 0 Å². The molecule has 0 fully saturated rings. The van der Waals surface area contributed by atoms with Crippen LogP contribution in [-0.4, -0.2) is 27.9 Å². The van der Waals surface area contributed by atoms with Gasteiger partial charge in [0.05, 0.1) is 12.5 Å².